The van der Waals surface area contributed by atoms with Gasteiger partial charge in [0.1, 0.15) is 0 Å². The molecule has 0 aliphatic heterocycles. The number of unbranched alkanes of at least 4 members (excludes halogenated alkanes) is 2. The fourth-order valence-corrected chi connectivity index (χ4v) is 2.98. The second-order valence-electron chi connectivity index (χ2n) is 5.96. The molecule has 0 aliphatic carbocycles. The molecule has 0 fully saturated rings. The van der Waals surface area contributed by atoms with Crippen LogP contribution in [0.4, 0.5) is 0 Å². The second-order valence-corrected chi connectivity index (χ2v) is 5.96. The predicted octanol–water partition coefficient (Wildman–Crippen LogP) is 6.12. The average Bonchev–Trinajstić information content (AvgIpc) is 2.96. The maximum absolute atomic E-state index is 3.78. The lowest BCUT2D eigenvalue weighted by Crippen LogP contribution is -1.96. The third-order valence-electron chi connectivity index (χ3n) is 4.27. The SMILES string of the molecule is C=CCCCC=C=C(c1ccccc1)c1cc2ccccc2n1C. The van der Waals surface area contributed by atoms with Crippen molar-refractivity contribution >= 4 is 16.5 Å². The second kappa shape index (κ2) is 7.68. The number of hydrogen-bond acceptors (Lipinski definition) is 0. The van der Waals surface area contributed by atoms with Gasteiger partial charge in [0, 0.05) is 23.5 Å². The van der Waals surface area contributed by atoms with Gasteiger partial charge in [-0.25, -0.2) is 0 Å². The maximum atomic E-state index is 3.78. The van der Waals surface area contributed by atoms with Gasteiger partial charge in [0.2, 0.25) is 0 Å². The Balaban J connectivity index is 2.08. The lowest BCUT2D eigenvalue weighted by atomic mass is 10.0. The summed E-state index contributed by atoms with van der Waals surface area (Å²) >= 11 is 0. The van der Waals surface area contributed by atoms with Crippen LogP contribution >= 0.6 is 0 Å². The molecule has 0 N–H and O–H groups in total. The van der Waals surface area contributed by atoms with Crippen LogP contribution in [0, 0.1) is 0 Å². The topological polar surface area (TPSA) is 4.93 Å². The Morgan fingerprint density at radius 1 is 1.04 bits per heavy atom. The molecular formula is C23H23N. The van der Waals surface area contributed by atoms with Crippen molar-refractivity contribution in [1.29, 1.82) is 0 Å². The number of benzene rings is 2. The van der Waals surface area contributed by atoms with E-state index in [4.69, 9.17) is 0 Å². The fraction of sp³-hybridized carbons (Fsp3) is 0.174. The minimum absolute atomic E-state index is 1.02. The zero-order chi connectivity index (χ0) is 16.8. The van der Waals surface area contributed by atoms with Crippen LogP contribution in [0.15, 0.2) is 85.1 Å². The van der Waals surface area contributed by atoms with Crippen LogP contribution in [0.5, 0.6) is 0 Å². The monoisotopic (exact) mass is 313 g/mol. The van der Waals surface area contributed by atoms with E-state index >= 15 is 0 Å². The van der Waals surface area contributed by atoms with E-state index in [0.717, 1.165) is 24.8 Å². The van der Waals surface area contributed by atoms with E-state index in [0.29, 0.717) is 0 Å². The van der Waals surface area contributed by atoms with Gasteiger partial charge in [0.25, 0.3) is 0 Å². The first-order valence-corrected chi connectivity index (χ1v) is 8.47. The molecule has 3 aromatic rings. The molecule has 3 rings (SSSR count). The fourth-order valence-electron chi connectivity index (χ4n) is 2.98. The summed E-state index contributed by atoms with van der Waals surface area (Å²) in [7, 11) is 2.12. The van der Waals surface area contributed by atoms with Crippen molar-refractivity contribution in [3.8, 4) is 0 Å². The van der Waals surface area contributed by atoms with E-state index in [1.165, 1.54) is 22.2 Å². The van der Waals surface area contributed by atoms with Crippen LogP contribution in [0.2, 0.25) is 0 Å². The van der Waals surface area contributed by atoms with Crippen LogP contribution < -0.4 is 0 Å². The zero-order valence-electron chi connectivity index (χ0n) is 14.2. The van der Waals surface area contributed by atoms with Gasteiger partial charge in [-0.05, 0) is 43.0 Å². The summed E-state index contributed by atoms with van der Waals surface area (Å²) in [5.74, 6) is 0. The van der Waals surface area contributed by atoms with Crippen LogP contribution in [-0.2, 0) is 7.05 Å². The average molecular weight is 313 g/mol. The molecule has 0 saturated heterocycles. The number of para-hydroxylation sites is 1. The van der Waals surface area contributed by atoms with E-state index < -0.39 is 0 Å². The van der Waals surface area contributed by atoms with E-state index in [2.05, 4.69) is 90.7 Å². The number of aryl methyl sites for hydroxylation is 1. The van der Waals surface area contributed by atoms with Crippen LogP contribution in [0.1, 0.15) is 30.5 Å². The van der Waals surface area contributed by atoms with Gasteiger partial charge in [-0.2, -0.15) is 0 Å². The minimum atomic E-state index is 1.02. The van der Waals surface area contributed by atoms with Crippen LogP contribution in [0.25, 0.3) is 16.5 Å². The first-order chi connectivity index (χ1) is 11.8. The van der Waals surface area contributed by atoms with E-state index in [-0.39, 0.29) is 0 Å². The first-order valence-electron chi connectivity index (χ1n) is 8.47. The third kappa shape index (κ3) is 3.42. The highest BCUT2D eigenvalue weighted by Crippen LogP contribution is 2.28. The number of hydrogen-bond donors (Lipinski definition) is 0. The Morgan fingerprint density at radius 3 is 2.54 bits per heavy atom. The third-order valence-corrected chi connectivity index (χ3v) is 4.27. The molecule has 24 heavy (non-hydrogen) atoms. The van der Waals surface area contributed by atoms with Crippen molar-refractivity contribution in [1.82, 2.24) is 4.57 Å². The Bertz CT molecular complexity index is 890. The summed E-state index contributed by atoms with van der Waals surface area (Å²) in [5, 5.41) is 1.26. The molecule has 0 spiro atoms. The smallest absolute Gasteiger partial charge is 0.0573 e. The zero-order valence-corrected chi connectivity index (χ0v) is 14.2. The van der Waals surface area contributed by atoms with E-state index in [1.54, 1.807) is 0 Å². The molecule has 1 aromatic heterocycles. The summed E-state index contributed by atoms with van der Waals surface area (Å²) in [4.78, 5) is 0. The molecule has 1 nitrogen and oxygen atoms in total. The highest BCUT2D eigenvalue weighted by atomic mass is 14.9. The number of allylic oxidation sites excluding steroid dienone is 2. The maximum Gasteiger partial charge on any atom is 0.0573 e. The normalized spacial score (nSPS) is 10.4. The van der Waals surface area contributed by atoms with Crippen molar-refractivity contribution in [2.75, 3.05) is 0 Å². The van der Waals surface area contributed by atoms with Gasteiger partial charge in [-0.15, -0.1) is 12.3 Å². The Hall–Kier alpha value is -2.76. The molecule has 1 heterocycles. The first kappa shape index (κ1) is 16.1. The number of fused-ring (bicyclic) bond motifs is 1. The lowest BCUT2D eigenvalue weighted by Gasteiger charge is -2.07. The molecule has 0 unspecified atom stereocenters. The molecular weight excluding hydrogens is 290 g/mol. The molecule has 1 heteroatoms. The number of rotatable bonds is 6. The summed E-state index contributed by atoms with van der Waals surface area (Å²) in [5.41, 5.74) is 8.33. The summed E-state index contributed by atoms with van der Waals surface area (Å²) < 4.78 is 2.25. The molecule has 2 aromatic carbocycles. The summed E-state index contributed by atoms with van der Waals surface area (Å²) in [6.07, 6.45) is 7.32. The van der Waals surface area contributed by atoms with Crippen molar-refractivity contribution in [2.24, 2.45) is 7.05 Å². The number of aromatic nitrogens is 1. The van der Waals surface area contributed by atoms with Gasteiger partial charge in [0.15, 0.2) is 0 Å². The van der Waals surface area contributed by atoms with Gasteiger partial charge in [0.05, 0.1) is 5.69 Å². The van der Waals surface area contributed by atoms with Crippen molar-refractivity contribution in [3.05, 3.63) is 96.4 Å². The molecule has 0 saturated carbocycles. The van der Waals surface area contributed by atoms with Crippen molar-refractivity contribution < 1.29 is 0 Å². The van der Waals surface area contributed by atoms with Crippen LogP contribution in [0.3, 0.4) is 0 Å². The quantitative estimate of drug-likeness (QED) is 0.293. The molecule has 0 atom stereocenters. The van der Waals surface area contributed by atoms with E-state index in [1.807, 2.05) is 6.08 Å². The van der Waals surface area contributed by atoms with Crippen molar-refractivity contribution in [2.45, 2.75) is 19.3 Å². The van der Waals surface area contributed by atoms with Gasteiger partial charge < -0.3 is 4.57 Å². The molecule has 0 radical (unpaired) electrons. The predicted molar refractivity (Wildman–Crippen MR) is 104 cm³/mol. The highest BCUT2D eigenvalue weighted by molar-refractivity contribution is 5.89. The number of nitrogens with zero attached hydrogens (tertiary/aromatic N) is 1. The van der Waals surface area contributed by atoms with Crippen LogP contribution in [-0.4, -0.2) is 4.57 Å². The Morgan fingerprint density at radius 2 is 1.79 bits per heavy atom. The molecule has 0 amide bonds. The largest absolute Gasteiger partial charge is 0.343 e. The van der Waals surface area contributed by atoms with Gasteiger partial charge in [-0.1, -0.05) is 54.6 Å². The standard InChI is InChI=1S/C23H23N/c1-3-4-5-6-10-16-21(19-13-8-7-9-14-19)23-18-20-15-11-12-17-22(20)24(23)2/h3,7-15,17-18H,1,4-6H2,2H3. The highest BCUT2D eigenvalue weighted by Gasteiger charge is 2.11. The van der Waals surface area contributed by atoms with Gasteiger partial charge >= 0.3 is 0 Å². The Kier molecular flexibility index (Phi) is 5.15. The van der Waals surface area contributed by atoms with Gasteiger partial charge in [-0.3, -0.25) is 0 Å². The molecule has 0 bridgehead atoms. The van der Waals surface area contributed by atoms with E-state index in [9.17, 15) is 0 Å². The summed E-state index contributed by atoms with van der Waals surface area (Å²) in [6.45, 7) is 3.78. The van der Waals surface area contributed by atoms with Crippen molar-refractivity contribution in [3.63, 3.8) is 0 Å². The molecule has 120 valence electrons. The Labute approximate surface area is 144 Å². The molecule has 0 aliphatic rings. The minimum Gasteiger partial charge on any atom is -0.343 e. The summed E-state index contributed by atoms with van der Waals surface area (Å²) in [6, 6.07) is 21.3. The lowest BCUT2D eigenvalue weighted by molar-refractivity contribution is 0.870.